The van der Waals surface area contributed by atoms with Crippen molar-refractivity contribution in [1.29, 1.82) is 0 Å². The van der Waals surface area contributed by atoms with Crippen LogP contribution in [0.4, 0.5) is 0 Å². The van der Waals surface area contributed by atoms with Crippen LogP contribution in [-0.4, -0.2) is 31.8 Å². The fraction of sp³-hybridized carbons (Fsp3) is 0.188. The van der Waals surface area contributed by atoms with Crippen molar-refractivity contribution >= 4 is 17.5 Å². The lowest BCUT2D eigenvalue weighted by atomic mass is 9.88. The first-order valence-corrected chi connectivity index (χ1v) is 6.29. The molecule has 0 saturated heterocycles. The highest BCUT2D eigenvalue weighted by Gasteiger charge is 2.27. The minimum Gasteiger partial charge on any atom is -0.496 e. The molecule has 5 heteroatoms. The molecule has 0 bridgehead atoms. The Morgan fingerprint density at radius 2 is 2.00 bits per heavy atom. The molecule has 0 radical (unpaired) electrons. The predicted octanol–water partition coefficient (Wildman–Crippen LogP) is 2.12. The first kappa shape index (κ1) is 14.7. The van der Waals surface area contributed by atoms with Gasteiger partial charge in [-0.3, -0.25) is 14.4 Å². The summed E-state index contributed by atoms with van der Waals surface area (Å²) in [4.78, 5) is 35.5. The Morgan fingerprint density at radius 3 is 2.67 bits per heavy atom. The van der Waals surface area contributed by atoms with Gasteiger partial charge in [-0.15, -0.1) is 0 Å². The van der Waals surface area contributed by atoms with E-state index in [-0.39, 0.29) is 29.1 Å². The van der Waals surface area contributed by atoms with E-state index >= 15 is 0 Å². The van der Waals surface area contributed by atoms with Crippen LogP contribution in [-0.2, 0) is 9.53 Å². The van der Waals surface area contributed by atoms with Gasteiger partial charge in [0.25, 0.3) is 0 Å². The number of ether oxygens (including phenoxy) is 2. The number of esters is 1. The molecular formula is C16H14O5. The largest absolute Gasteiger partial charge is 0.496 e. The third kappa shape index (κ3) is 2.91. The van der Waals surface area contributed by atoms with Crippen molar-refractivity contribution < 1.29 is 23.9 Å². The number of carbonyl (C=O) groups excluding carboxylic acids is 3. The Kier molecular flexibility index (Phi) is 4.33. The van der Waals surface area contributed by atoms with E-state index < -0.39 is 5.97 Å². The predicted molar refractivity (Wildman–Crippen MR) is 75.5 cm³/mol. The quantitative estimate of drug-likeness (QED) is 0.793. The van der Waals surface area contributed by atoms with Gasteiger partial charge in [0.05, 0.1) is 26.2 Å². The first-order chi connectivity index (χ1) is 10.1. The van der Waals surface area contributed by atoms with Crippen molar-refractivity contribution in [2.45, 2.75) is 6.42 Å². The number of Topliss-reactive ketones (excluding diaryl/α,β-unsaturated/α-hetero) is 1. The number of ketones is 2. The zero-order chi connectivity index (χ0) is 15.4. The number of rotatable bonds is 4. The van der Waals surface area contributed by atoms with Gasteiger partial charge in [-0.2, -0.15) is 0 Å². The second kappa shape index (κ2) is 6.17. The summed E-state index contributed by atoms with van der Waals surface area (Å²) in [6, 6.07) is 4.87. The van der Waals surface area contributed by atoms with Crippen LogP contribution in [0.15, 0.2) is 42.0 Å². The lowest BCUT2D eigenvalue weighted by molar-refractivity contribution is -0.139. The number of allylic oxidation sites excluding steroid dienone is 3. The van der Waals surface area contributed by atoms with Crippen LogP contribution in [0.3, 0.4) is 0 Å². The fourth-order valence-corrected chi connectivity index (χ4v) is 2.07. The number of fused-ring (bicyclic) bond motifs is 1. The van der Waals surface area contributed by atoms with Crippen molar-refractivity contribution in [3.63, 3.8) is 0 Å². The molecule has 0 heterocycles. The number of hydrogen-bond acceptors (Lipinski definition) is 5. The number of benzene rings is 1. The van der Waals surface area contributed by atoms with Crippen LogP contribution in [0.1, 0.15) is 27.1 Å². The highest BCUT2D eigenvalue weighted by atomic mass is 16.5. The molecule has 0 spiro atoms. The summed E-state index contributed by atoms with van der Waals surface area (Å²) in [7, 11) is 2.73. The molecule has 1 aromatic rings. The highest BCUT2D eigenvalue weighted by Crippen LogP contribution is 2.29. The number of hydrogen-bond donors (Lipinski definition) is 0. The van der Waals surface area contributed by atoms with Crippen LogP contribution in [0, 0.1) is 0 Å². The minimum absolute atomic E-state index is 0.0419. The second-order valence-electron chi connectivity index (χ2n) is 4.36. The van der Waals surface area contributed by atoms with Gasteiger partial charge < -0.3 is 9.47 Å². The zero-order valence-corrected chi connectivity index (χ0v) is 11.7. The Balaban J connectivity index is 2.32. The molecule has 0 aromatic heterocycles. The van der Waals surface area contributed by atoms with Crippen molar-refractivity contribution in [2.75, 3.05) is 14.2 Å². The molecule has 0 N–H and O–H groups in total. The summed E-state index contributed by atoms with van der Waals surface area (Å²) >= 11 is 0. The second-order valence-corrected chi connectivity index (χ2v) is 4.36. The molecule has 0 saturated carbocycles. The molecule has 108 valence electrons. The van der Waals surface area contributed by atoms with Gasteiger partial charge in [0.1, 0.15) is 5.75 Å². The van der Waals surface area contributed by atoms with Gasteiger partial charge in [0, 0.05) is 11.1 Å². The molecule has 0 unspecified atom stereocenters. The lowest BCUT2D eigenvalue weighted by Crippen LogP contribution is -2.17. The molecule has 0 fully saturated rings. The third-order valence-electron chi connectivity index (χ3n) is 3.10. The highest BCUT2D eigenvalue weighted by molar-refractivity contribution is 6.26. The fourth-order valence-electron chi connectivity index (χ4n) is 2.07. The summed E-state index contributed by atoms with van der Waals surface area (Å²) in [5.41, 5.74) is 0.819. The van der Waals surface area contributed by atoms with Gasteiger partial charge in [-0.05, 0) is 12.1 Å². The van der Waals surface area contributed by atoms with Crippen LogP contribution < -0.4 is 4.74 Å². The van der Waals surface area contributed by atoms with Crippen molar-refractivity contribution in [1.82, 2.24) is 0 Å². The van der Waals surface area contributed by atoms with Crippen LogP contribution in [0.5, 0.6) is 5.75 Å². The molecule has 1 aliphatic carbocycles. The van der Waals surface area contributed by atoms with Gasteiger partial charge in [-0.25, -0.2) is 0 Å². The average Bonchev–Trinajstić information content (AvgIpc) is 2.50. The molecule has 21 heavy (non-hydrogen) atoms. The number of methoxy groups -OCH3 is 2. The van der Waals surface area contributed by atoms with Crippen LogP contribution >= 0.6 is 0 Å². The average molecular weight is 286 g/mol. The normalized spacial score (nSPS) is 13.9. The van der Waals surface area contributed by atoms with Crippen molar-refractivity contribution in [2.24, 2.45) is 0 Å². The maximum Gasteiger partial charge on any atom is 0.309 e. The summed E-state index contributed by atoms with van der Waals surface area (Å²) in [5, 5.41) is 0. The van der Waals surface area contributed by atoms with E-state index in [1.165, 1.54) is 32.4 Å². The van der Waals surface area contributed by atoms with Crippen molar-refractivity contribution in [3.8, 4) is 5.75 Å². The SMILES string of the molecule is COC(=O)C/C=C/C1=CC(=O)c2c(OC)cccc2C1=O. The molecule has 2 rings (SSSR count). The topological polar surface area (TPSA) is 69.7 Å². The van der Waals surface area contributed by atoms with Gasteiger partial charge >= 0.3 is 5.97 Å². The smallest absolute Gasteiger partial charge is 0.309 e. The maximum atomic E-state index is 12.3. The molecule has 1 aromatic carbocycles. The standard InChI is InChI=1S/C16H14O5/c1-20-13-7-4-6-11-15(13)12(17)9-10(16(11)19)5-3-8-14(18)21-2/h3-7,9H,8H2,1-2H3/b5-3+. The molecule has 0 amide bonds. The molecule has 5 nitrogen and oxygen atoms in total. The Hall–Kier alpha value is -2.69. The molecule has 1 aliphatic rings. The van der Waals surface area contributed by atoms with Gasteiger partial charge in [0.15, 0.2) is 11.6 Å². The van der Waals surface area contributed by atoms with E-state index in [2.05, 4.69) is 4.74 Å². The number of carbonyl (C=O) groups is 3. The minimum atomic E-state index is -0.413. The van der Waals surface area contributed by atoms with E-state index in [0.29, 0.717) is 11.3 Å². The van der Waals surface area contributed by atoms with E-state index in [9.17, 15) is 14.4 Å². The summed E-state index contributed by atoms with van der Waals surface area (Å²) in [6.45, 7) is 0. The Morgan fingerprint density at radius 1 is 1.24 bits per heavy atom. The zero-order valence-electron chi connectivity index (χ0n) is 11.7. The Labute approximate surface area is 121 Å². The summed E-state index contributed by atoms with van der Waals surface area (Å²) in [6.07, 6.45) is 4.24. The lowest BCUT2D eigenvalue weighted by Gasteiger charge is -2.15. The van der Waals surface area contributed by atoms with Gasteiger partial charge in [-0.1, -0.05) is 24.3 Å². The van der Waals surface area contributed by atoms with E-state index in [1.54, 1.807) is 18.2 Å². The molecule has 0 atom stereocenters. The van der Waals surface area contributed by atoms with Crippen molar-refractivity contribution in [3.05, 3.63) is 53.1 Å². The van der Waals surface area contributed by atoms with Crippen LogP contribution in [0.2, 0.25) is 0 Å². The van der Waals surface area contributed by atoms with Crippen LogP contribution in [0.25, 0.3) is 0 Å². The third-order valence-corrected chi connectivity index (χ3v) is 3.10. The monoisotopic (exact) mass is 286 g/mol. The maximum absolute atomic E-state index is 12.3. The first-order valence-electron chi connectivity index (χ1n) is 6.29. The summed E-state index contributed by atoms with van der Waals surface area (Å²) < 4.78 is 9.61. The molecule has 0 aliphatic heterocycles. The van der Waals surface area contributed by atoms with E-state index in [1.807, 2.05) is 0 Å². The van der Waals surface area contributed by atoms with E-state index in [4.69, 9.17) is 4.74 Å². The van der Waals surface area contributed by atoms with Gasteiger partial charge in [0.2, 0.25) is 0 Å². The molecular weight excluding hydrogens is 272 g/mol. The van der Waals surface area contributed by atoms with E-state index in [0.717, 1.165) is 0 Å². The summed E-state index contributed by atoms with van der Waals surface area (Å²) in [5.74, 6) is -0.604. The Bertz CT molecular complexity index is 667.